The van der Waals surface area contributed by atoms with Gasteiger partial charge in [-0.3, -0.25) is 0 Å². The van der Waals surface area contributed by atoms with Crippen molar-refractivity contribution in [2.45, 2.75) is 84.9 Å². The van der Waals surface area contributed by atoms with E-state index in [1.165, 1.54) is 25.7 Å². The molecule has 0 bridgehead atoms. The molecule has 4 heteroatoms. The van der Waals surface area contributed by atoms with E-state index in [4.69, 9.17) is 4.74 Å². The summed E-state index contributed by atoms with van der Waals surface area (Å²) in [5.41, 5.74) is -0.428. The van der Waals surface area contributed by atoms with Crippen LogP contribution in [-0.2, 0) is 4.74 Å². The molecule has 4 unspecified atom stereocenters. The van der Waals surface area contributed by atoms with E-state index in [2.05, 4.69) is 31.4 Å². The first kappa shape index (κ1) is 18.3. The Hall–Kier alpha value is -0.770. The summed E-state index contributed by atoms with van der Waals surface area (Å²) in [6.07, 6.45) is 4.53. The number of ether oxygens (including phenoxy) is 1. The zero-order valence-corrected chi connectivity index (χ0v) is 14.7. The van der Waals surface area contributed by atoms with Crippen molar-refractivity contribution in [2.24, 2.45) is 11.8 Å². The zero-order valence-electron chi connectivity index (χ0n) is 14.7. The summed E-state index contributed by atoms with van der Waals surface area (Å²) in [4.78, 5) is 11.7. The van der Waals surface area contributed by atoms with Crippen molar-refractivity contribution in [1.29, 1.82) is 0 Å². The predicted octanol–water partition coefficient (Wildman–Crippen LogP) is 3.70. The largest absolute Gasteiger partial charge is 0.444 e. The maximum Gasteiger partial charge on any atom is 0.407 e. The maximum absolute atomic E-state index is 11.7. The molecule has 0 aromatic rings. The van der Waals surface area contributed by atoms with Gasteiger partial charge in [-0.15, -0.1) is 0 Å². The molecule has 1 fully saturated rings. The van der Waals surface area contributed by atoms with E-state index in [1.807, 2.05) is 20.8 Å². The van der Waals surface area contributed by atoms with Gasteiger partial charge in [-0.1, -0.05) is 26.7 Å². The molecule has 1 amide bonds. The summed E-state index contributed by atoms with van der Waals surface area (Å²) in [6.45, 7) is 13.2. The summed E-state index contributed by atoms with van der Waals surface area (Å²) in [5.74, 6) is 1.20. The number of carbonyl (C=O) groups excluding carboxylic acids is 1. The predicted molar refractivity (Wildman–Crippen MR) is 87.4 cm³/mol. The fraction of sp³-hybridized carbons (Fsp3) is 0.941. The van der Waals surface area contributed by atoms with Crippen LogP contribution >= 0.6 is 0 Å². The third-order valence-electron chi connectivity index (χ3n) is 4.54. The van der Waals surface area contributed by atoms with Crippen LogP contribution < -0.4 is 10.6 Å². The number of nitrogens with one attached hydrogen (secondary N) is 2. The van der Waals surface area contributed by atoms with Crippen LogP contribution in [0.25, 0.3) is 0 Å². The van der Waals surface area contributed by atoms with E-state index in [9.17, 15) is 4.79 Å². The molecular formula is C17H34N2O2. The third-order valence-corrected chi connectivity index (χ3v) is 4.54. The first-order valence-corrected chi connectivity index (χ1v) is 8.45. The molecule has 0 heterocycles. The molecule has 0 aromatic carbocycles. The molecule has 4 nitrogen and oxygen atoms in total. The molecule has 0 aliphatic heterocycles. The molecule has 2 N–H and O–H groups in total. The van der Waals surface area contributed by atoms with Gasteiger partial charge in [0.25, 0.3) is 0 Å². The van der Waals surface area contributed by atoms with Crippen molar-refractivity contribution in [3.05, 3.63) is 0 Å². The molecule has 0 spiro atoms. The van der Waals surface area contributed by atoms with Crippen LogP contribution in [0.3, 0.4) is 0 Å². The van der Waals surface area contributed by atoms with Crippen LogP contribution in [0.2, 0.25) is 0 Å². The van der Waals surface area contributed by atoms with Gasteiger partial charge >= 0.3 is 6.09 Å². The molecular weight excluding hydrogens is 264 g/mol. The van der Waals surface area contributed by atoms with Gasteiger partial charge in [0.1, 0.15) is 5.60 Å². The Morgan fingerprint density at radius 2 is 1.95 bits per heavy atom. The number of amides is 1. The quantitative estimate of drug-likeness (QED) is 0.786. The lowest BCUT2D eigenvalue weighted by Gasteiger charge is -2.28. The van der Waals surface area contributed by atoms with Crippen molar-refractivity contribution in [3.63, 3.8) is 0 Å². The SMILES string of the molecule is CCC(C)C(C)NC1CCCC1CNC(=O)OC(C)(C)C. The number of hydrogen-bond donors (Lipinski definition) is 2. The second kappa shape index (κ2) is 8.02. The second-order valence-electron chi connectivity index (χ2n) is 7.52. The molecule has 0 saturated heterocycles. The second-order valence-corrected chi connectivity index (χ2v) is 7.52. The van der Waals surface area contributed by atoms with Crippen molar-refractivity contribution in [3.8, 4) is 0 Å². The van der Waals surface area contributed by atoms with Crippen LogP contribution in [0.1, 0.15) is 67.2 Å². The molecule has 21 heavy (non-hydrogen) atoms. The highest BCUT2D eigenvalue weighted by atomic mass is 16.6. The van der Waals surface area contributed by atoms with Crippen LogP contribution in [0.4, 0.5) is 4.79 Å². The molecule has 1 aliphatic rings. The van der Waals surface area contributed by atoms with E-state index in [0.717, 1.165) is 0 Å². The van der Waals surface area contributed by atoms with Gasteiger partial charge in [0.05, 0.1) is 0 Å². The molecule has 1 rings (SSSR count). The fourth-order valence-electron chi connectivity index (χ4n) is 2.88. The highest BCUT2D eigenvalue weighted by molar-refractivity contribution is 5.67. The fourth-order valence-corrected chi connectivity index (χ4v) is 2.88. The summed E-state index contributed by atoms with van der Waals surface area (Å²) >= 11 is 0. The topological polar surface area (TPSA) is 50.4 Å². The van der Waals surface area contributed by atoms with Gasteiger partial charge in [-0.2, -0.15) is 0 Å². The summed E-state index contributed by atoms with van der Waals surface area (Å²) in [6, 6.07) is 1.05. The molecule has 4 atom stereocenters. The summed E-state index contributed by atoms with van der Waals surface area (Å²) < 4.78 is 5.30. The van der Waals surface area contributed by atoms with Crippen LogP contribution in [0.15, 0.2) is 0 Å². The first-order valence-electron chi connectivity index (χ1n) is 8.45. The van der Waals surface area contributed by atoms with E-state index in [1.54, 1.807) is 0 Å². The van der Waals surface area contributed by atoms with Crippen LogP contribution in [-0.4, -0.2) is 30.3 Å². The van der Waals surface area contributed by atoms with E-state index in [-0.39, 0.29) is 6.09 Å². The highest BCUT2D eigenvalue weighted by Gasteiger charge is 2.29. The minimum Gasteiger partial charge on any atom is -0.444 e. The van der Waals surface area contributed by atoms with E-state index < -0.39 is 5.60 Å². The average molecular weight is 298 g/mol. The molecule has 0 aromatic heterocycles. The Labute approximate surface area is 130 Å². The lowest BCUT2D eigenvalue weighted by Crippen LogP contribution is -2.45. The lowest BCUT2D eigenvalue weighted by atomic mass is 9.97. The Morgan fingerprint density at radius 1 is 1.29 bits per heavy atom. The van der Waals surface area contributed by atoms with Crippen LogP contribution in [0.5, 0.6) is 0 Å². The maximum atomic E-state index is 11.7. The van der Waals surface area contributed by atoms with Gasteiger partial charge in [0.15, 0.2) is 0 Å². The van der Waals surface area contributed by atoms with Crippen molar-refractivity contribution in [1.82, 2.24) is 10.6 Å². The number of carbonyl (C=O) groups is 1. The minimum atomic E-state index is -0.428. The Balaban J connectivity index is 2.38. The summed E-state index contributed by atoms with van der Waals surface area (Å²) in [7, 11) is 0. The van der Waals surface area contributed by atoms with E-state index in [0.29, 0.717) is 30.5 Å². The van der Waals surface area contributed by atoms with Crippen molar-refractivity contribution in [2.75, 3.05) is 6.54 Å². The van der Waals surface area contributed by atoms with Gasteiger partial charge < -0.3 is 15.4 Å². The van der Waals surface area contributed by atoms with Gasteiger partial charge in [0.2, 0.25) is 0 Å². The smallest absolute Gasteiger partial charge is 0.407 e. The Kier molecular flexibility index (Phi) is 6.98. The lowest BCUT2D eigenvalue weighted by molar-refractivity contribution is 0.0517. The third kappa shape index (κ3) is 6.68. The molecule has 124 valence electrons. The van der Waals surface area contributed by atoms with E-state index >= 15 is 0 Å². The number of alkyl carbamates (subject to hydrolysis) is 1. The molecule has 0 radical (unpaired) electrons. The van der Waals surface area contributed by atoms with Gasteiger partial charge in [-0.05, 0) is 52.4 Å². The first-order chi connectivity index (χ1) is 9.73. The molecule has 1 saturated carbocycles. The minimum absolute atomic E-state index is 0.303. The standard InChI is InChI=1S/C17H34N2O2/c1-7-12(2)13(3)19-15-10-8-9-14(15)11-18-16(20)21-17(4,5)6/h12-15,19H,7-11H2,1-6H3,(H,18,20). The Bertz CT molecular complexity index is 325. The highest BCUT2D eigenvalue weighted by Crippen LogP contribution is 2.26. The number of hydrogen-bond acceptors (Lipinski definition) is 3. The Morgan fingerprint density at radius 3 is 2.52 bits per heavy atom. The van der Waals surface area contributed by atoms with Gasteiger partial charge in [0, 0.05) is 18.6 Å². The van der Waals surface area contributed by atoms with Crippen molar-refractivity contribution >= 4 is 6.09 Å². The monoisotopic (exact) mass is 298 g/mol. The zero-order chi connectivity index (χ0) is 16.0. The van der Waals surface area contributed by atoms with Crippen molar-refractivity contribution < 1.29 is 9.53 Å². The van der Waals surface area contributed by atoms with Gasteiger partial charge in [-0.25, -0.2) is 4.79 Å². The average Bonchev–Trinajstić information content (AvgIpc) is 2.80. The summed E-state index contributed by atoms with van der Waals surface area (Å²) in [5, 5.41) is 6.69. The molecule has 1 aliphatic carbocycles. The van der Waals surface area contributed by atoms with Crippen LogP contribution in [0, 0.1) is 11.8 Å². The number of rotatable bonds is 6. The normalized spacial score (nSPS) is 25.4.